The first-order chi connectivity index (χ1) is 8.38. The molecule has 17 heavy (non-hydrogen) atoms. The third kappa shape index (κ3) is 3.85. The first-order valence-corrected chi connectivity index (χ1v) is 7.44. The molecule has 0 bridgehead atoms. The summed E-state index contributed by atoms with van der Waals surface area (Å²) >= 11 is 0.221. The van der Waals surface area contributed by atoms with Gasteiger partial charge in [-0.05, 0) is 0 Å². The van der Waals surface area contributed by atoms with Gasteiger partial charge in [0.2, 0.25) is 0 Å². The third-order valence-corrected chi connectivity index (χ3v) is 4.82. The number of hydrogen-bond acceptors (Lipinski definition) is 1. The van der Waals surface area contributed by atoms with Crippen LogP contribution in [0.1, 0.15) is 5.56 Å². The molecule has 0 saturated carbocycles. The van der Waals surface area contributed by atoms with E-state index in [1.165, 1.54) is 10.0 Å². The Morgan fingerprint density at radius 2 is 1.53 bits per heavy atom. The molecule has 0 radical (unpaired) electrons. The Hall–Kier alpha value is -1.37. The number of hydrogen-bond donors (Lipinski definition) is 0. The predicted molar refractivity (Wildman–Crippen MR) is 71.8 cm³/mol. The molecule has 0 fully saturated rings. The van der Waals surface area contributed by atoms with Gasteiger partial charge in [-0.15, -0.1) is 0 Å². The monoisotopic (exact) mass is 290 g/mol. The molecule has 2 rings (SSSR count). The van der Waals surface area contributed by atoms with Crippen LogP contribution in [0.5, 0.6) is 0 Å². The zero-order valence-corrected chi connectivity index (χ0v) is 11.2. The molecular formula is C15H14OSe. The molecule has 1 atom stereocenters. The zero-order chi connectivity index (χ0) is 11.9. The number of rotatable bonds is 5. The Morgan fingerprint density at radius 3 is 2.12 bits per heavy atom. The first kappa shape index (κ1) is 12.1. The molecule has 0 aliphatic heterocycles. The zero-order valence-electron chi connectivity index (χ0n) is 9.45. The van der Waals surface area contributed by atoms with Gasteiger partial charge in [-0.25, -0.2) is 0 Å². The average molecular weight is 289 g/mol. The average Bonchev–Trinajstić information content (AvgIpc) is 2.40. The second kappa shape index (κ2) is 6.39. The molecule has 0 saturated heterocycles. The minimum absolute atomic E-state index is 0.132. The van der Waals surface area contributed by atoms with Crippen molar-refractivity contribution in [2.24, 2.45) is 0 Å². The fraction of sp³-hybridized carbons (Fsp3) is 0.133. The van der Waals surface area contributed by atoms with Crippen LogP contribution in [0.2, 0.25) is 4.82 Å². The summed E-state index contributed by atoms with van der Waals surface area (Å²) in [6.45, 7) is 0. The molecule has 1 nitrogen and oxygen atoms in total. The van der Waals surface area contributed by atoms with Crippen LogP contribution in [0.4, 0.5) is 0 Å². The van der Waals surface area contributed by atoms with Crippen molar-refractivity contribution in [2.45, 2.75) is 11.2 Å². The van der Waals surface area contributed by atoms with Crippen LogP contribution >= 0.6 is 0 Å². The Bertz CT molecular complexity index is 411. The summed E-state index contributed by atoms with van der Waals surface area (Å²) in [6.07, 6.45) is 1.94. The van der Waals surface area contributed by atoms with E-state index >= 15 is 0 Å². The first-order valence-electron chi connectivity index (χ1n) is 5.59. The summed E-state index contributed by atoms with van der Waals surface area (Å²) in [5, 5.41) is 0. The van der Waals surface area contributed by atoms with Crippen molar-refractivity contribution < 1.29 is 4.79 Å². The molecule has 2 aromatic rings. The van der Waals surface area contributed by atoms with Gasteiger partial charge in [-0.3, -0.25) is 0 Å². The van der Waals surface area contributed by atoms with Gasteiger partial charge in [0.1, 0.15) is 0 Å². The minimum atomic E-state index is 0.132. The van der Waals surface area contributed by atoms with Crippen LogP contribution < -0.4 is 4.46 Å². The van der Waals surface area contributed by atoms with Crippen molar-refractivity contribution in [2.75, 3.05) is 0 Å². The van der Waals surface area contributed by atoms with E-state index in [0.29, 0.717) is 0 Å². The summed E-state index contributed by atoms with van der Waals surface area (Å²) in [5.74, 6) is 0. The molecule has 2 heteroatoms. The molecule has 2 aromatic carbocycles. The van der Waals surface area contributed by atoms with E-state index < -0.39 is 0 Å². The van der Waals surface area contributed by atoms with E-state index in [4.69, 9.17) is 0 Å². The number of aldehydes is 1. The number of benzene rings is 2. The van der Waals surface area contributed by atoms with Crippen molar-refractivity contribution in [3.05, 3.63) is 66.2 Å². The van der Waals surface area contributed by atoms with Crippen molar-refractivity contribution in [1.82, 2.24) is 0 Å². The summed E-state index contributed by atoms with van der Waals surface area (Å²) < 4.78 is 1.29. The normalized spacial score (nSPS) is 12.0. The number of carbonyl (C=O) groups excluding carboxylic acids is 1. The second-order valence-corrected chi connectivity index (χ2v) is 6.55. The Labute approximate surface area is 108 Å². The molecule has 0 heterocycles. The summed E-state index contributed by atoms with van der Waals surface area (Å²) in [4.78, 5) is 11.3. The van der Waals surface area contributed by atoms with Crippen LogP contribution in [0, 0.1) is 0 Å². The third-order valence-electron chi connectivity index (χ3n) is 2.46. The maximum absolute atomic E-state index is 11.1. The van der Waals surface area contributed by atoms with E-state index in [-0.39, 0.29) is 19.8 Å². The van der Waals surface area contributed by atoms with Crippen LogP contribution in [-0.4, -0.2) is 21.2 Å². The van der Waals surface area contributed by atoms with Gasteiger partial charge in [-0.1, -0.05) is 0 Å². The van der Waals surface area contributed by atoms with Gasteiger partial charge in [0.15, 0.2) is 0 Å². The van der Waals surface area contributed by atoms with Gasteiger partial charge in [0.05, 0.1) is 0 Å². The van der Waals surface area contributed by atoms with Crippen LogP contribution in [0.3, 0.4) is 0 Å². The Kier molecular flexibility index (Phi) is 4.54. The van der Waals surface area contributed by atoms with Gasteiger partial charge in [0.25, 0.3) is 0 Å². The standard InChI is InChI=1S/C15H14OSe/c16-12-15(11-13-7-3-1-4-8-13)17-14-9-5-2-6-10-14/h1-10,12,15H,11H2/t15-/m0/s1. The van der Waals surface area contributed by atoms with Crippen LogP contribution in [-0.2, 0) is 11.2 Å². The van der Waals surface area contributed by atoms with E-state index in [0.717, 1.165) is 12.7 Å². The molecule has 0 unspecified atom stereocenters. The molecule has 0 amide bonds. The van der Waals surface area contributed by atoms with Crippen molar-refractivity contribution in [1.29, 1.82) is 0 Å². The van der Waals surface area contributed by atoms with Crippen LogP contribution in [0.25, 0.3) is 0 Å². The molecule has 0 aliphatic carbocycles. The van der Waals surface area contributed by atoms with Crippen LogP contribution in [0.15, 0.2) is 60.7 Å². The maximum atomic E-state index is 11.1. The van der Waals surface area contributed by atoms with E-state index in [1.807, 2.05) is 36.4 Å². The van der Waals surface area contributed by atoms with Gasteiger partial charge in [0, 0.05) is 0 Å². The summed E-state index contributed by atoms with van der Waals surface area (Å²) in [6, 6.07) is 20.5. The predicted octanol–water partition coefficient (Wildman–Crippen LogP) is 2.25. The van der Waals surface area contributed by atoms with E-state index in [1.54, 1.807) is 0 Å². The quantitative estimate of drug-likeness (QED) is 0.609. The fourth-order valence-electron chi connectivity index (χ4n) is 1.64. The topological polar surface area (TPSA) is 17.1 Å². The summed E-state index contributed by atoms with van der Waals surface area (Å²) in [5.41, 5.74) is 1.24. The molecule has 0 aliphatic rings. The Morgan fingerprint density at radius 1 is 0.941 bits per heavy atom. The number of carbonyl (C=O) groups is 1. The molecule has 86 valence electrons. The van der Waals surface area contributed by atoms with Crippen molar-refractivity contribution in [3.8, 4) is 0 Å². The summed E-state index contributed by atoms with van der Waals surface area (Å²) in [7, 11) is 0. The molecule has 0 aromatic heterocycles. The Balaban J connectivity index is 2.01. The van der Waals surface area contributed by atoms with Crippen molar-refractivity contribution in [3.63, 3.8) is 0 Å². The fourth-order valence-corrected chi connectivity index (χ4v) is 3.73. The van der Waals surface area contributed by atoms with E-state index in [9.17, 15) is 4.79 Å². The second-order valence-electron chi connectivity index (χ2n) is 3.80. The SMILES string of the molecule is O=C[C@H](Cc1ccccc1)[Se]c1ccccc1. The molecular weight excluding hydrogens is 275 g/mol. The molecule has 0 spiro atoms. The van der Waals surface area contributed by atoms with Gasteiger partial charge in [-0.2, -0.15) is 0 Å². The molecule has 0 N–H and O–H groups in total. The van der Waals surface area contributed by atoms with Crippen molar-refractivity contribution >= 4 is 25.7 Å². The van der Waals surface area contributed by atoms with E-state index in [2.05, 4.69) is 24.3 Å². The van der Waals surface area contributed by atoms with Gasteiger partial charge < -0.3 is 0 Å². The van der Waals surface area contributed by atoms with Gasteiger partial charge >= 0.3 is 108 Å².